The zero-order chi connectivity index (χ0) is 23.1. The number of benzene rings is 1. The number of nitrogens with zero attached hydrogens (tertiary/aromatic N) is 4. The van der Waals surface area contributed by atoms with Crippen LogP contribution in [0.3, 0.4) is 0 Å². The Balaban J connectivity index is 1.87. The number of fused-ring (bicyclic) bond motifs is 1. The number of ether oxygens (including phenoxy) is 1. The molecule has 0 saturated heterocycles. The van der Waals surface area contributed by atoms with Gasteiger partial charge in [0.1, 0.15) is 0 Å². The summed E-state index contributed by atoms with van der Waals surface area (Å²) in [6.45, 7) is -0.264. The van der Waals surface area contributed by atoms with Crippen LogP contribution in [0.4, 0.5) is 4.39 Å². The van der Waals surface area contributed by atoms with Crippen LogP contribution < -0.4 is 11.2 Å². The molecule has 1 aliphatic carbocycles. The first-order valence-corrected chi connectivity index (χ1v) is 11.9. The molecule has 0 aliphatic heterocycles. The minimum Gasteiger partial charge on any atom is -0.383 e. The molecule has 2 aromatic heterocycles. The van der Waals surface area contributed by atoms with Gasteiger partial charge in [-0.05, 0) is 31.0 Å². The van der Waals surface area contributed by atoms with Gasteiger partial charge in [0.2, 0.25) is 0 Å². The van der Waals surface area contributed by atoms with E-state index in [0.29, 0.717) is 23.9 Å². The number of hydrogen-bond acceptors (Lipinski definition) is 6. The number of aromatic nitrogens is 4. The van der Waals surface area contributed by atoms with Crippen LogP contribution in [0.25, 0.3) is 10.9 Å². The lowest BCUT2D eigenvalue weighted by atomic mass is 10.2. The molecule has 1 fully saturated rings. The summed E-state index contributed by atoms with van der Waals surface area (Å²) in [6, 6.07) is 4.13. The van der Waals surface area contributed by atoms with Crippen LogP contribution in [0, 0.1) is 5.41 Å². The highest BCUT2D eigenvalue weighted by Crippen LogP contribution is 2.47. The lowest BCUT2D eigenvalue weighted by Gasteiger charge is -2.15. The van der Waals surface area contributed by atoms with Gasteiger partial charge >= 0.3 is 5.69 Å². The number of methoxy groups -OCH3 is 1. The predicted molar refractivity (Wildman–Crippen MR) is 116 cm³/mol. The maximum Gasteiger partial charge on any atom is 0.331 e. The summed E-state index contributed by atoms with van der Waals surface area (Å²) in [5.41, 5.74) is -0.942. The van der Waals surface area contributed by atoms with Gasteiger partial charge in [-0.15, -0.1) is 0 Å². The molecule has 1 aliphatic rings. The molecular formula is C21H25FN4O5S. The summed E-state index contributed by atoms with van der Waals surface area (Å²) in [5.74, 6) is -0.296. The van der Waals surface area contributed by atoms with Crippen LogP contribution in [0.2, 0.25) is 0 Å². The Kier molecular flexibility index (Phi) is 5.80. The molecule has 4 rings (SSSR count). The summed E-state index contributed by atoms with van der Waals surface area (Å²) < 4.78 is 48.3. The van der Waals surface area contributed by atoms with Crippen LogP contribution in [0.5, 0.6) is 0 Å². The van der Waals surface area contributed by atoms with Gasteiger partial charge in [0, 0.05) is 31.3 Å². The molecule has 1 saturated carbocycles. The molecule has 0 spiro atoms. The molecule has 11 heteroatoms. The van der Waals surface area contributed by atoms with Crippen molar-refractivity contribution in [3.8, 4) is 0 Å². The molecule has 0 N–H and O–H groups in total. The number of halogens is 1. The molecule has 32 heavy (non-hydrogen) atoms. The average molecular weight is 465 g/mol. The van der Waals surface area contributed by atoms with Crippen molar-refractivity contribution in [1.29, 1.82) is 0 Å². The Morgan fingerprint density at radius 3 is 2.56 bits per heavy atom. The number of alkyl halides is 1. The molecule has 0 amide bonds. The molecular weight excluding hydrogens is 439 g/mol. The molecule has 0 bridgehead atoms. The second kappa shape index (κ2) is 8.28. The summed E-state index contributed by atoms with van der Waals surface area (Å²) in [6.07, 6.45) is 4.32. The van der Waals surface area contributed by atoms with Crippen molar-refractivity contribution >= 4 is 20.7 Å². The topological polar surface area (TPSA) is 105 Å². The van der Waals surface area contributed by atoms with Crippen LogP contribution in [-0.4, -0.2) is 53.5 Å². The zero-order valence-corrected chi connectivity index (χ0v) is 18.8. The SMILES string of the molecule is COCCn1c(=O)n(Cc2cnn(C)c2)c(=O)c2cc(S(=O)(=O)CC3(CF)CC3)ccc21. The molecule has 0 radical (unpaired) electrons. The van der Waals surface area contributed by atoms with E-state index in [9.17, 15) is 22.4 Å². The quantitative estimate of drug-likeness (QED) is 0.470. The number of rotatable bonds is 9. The first kappa shape index (κ1) is 22.4. The fourth-order valence-electron chi connectivity index (χ4n) is 3.85. The minimum atomic E-state index is -3.80. The lowest BCUT2D eigenvalue weighted by molar-refractivity contribution is 0.186. The van der Waals surface area contributed by atoms with Crippen molar-refractivity contribution in [1.82, 2.24) is 18.9 Å². The largest absolute Gasteiger partial charge is 0.383 e. The minimum absolute atomic E-state index is 0.00360. The van der Waals surface area contributed by atoms with Gasteiger partial charge in [-0.2, -0.15) is 5.10 Å². The van der Waals surface area contributed by atoms with E-state index in [0.717, 1.165) is 4.57 Å². The van der Waals surface area contributed by atoms with E-state index in [1.54, 1.807) is 24.1 Å². The molecule has 3 aromatic rings. The summed E-state index contributed by atoms with van der Waals surface area (Å²) in [7, 11) is -0.569. The average Bonchev–Trinajstić information content (AvgIpc) is 3.41. The highest BCUT2D eigenvalue weighted by atomic mass is 32.2. The fourth-order valence-corrected chi connectivity index (χ4v) is 5.76. The van der Waals surface area contributed by atoms with E-state index in [-0.39, 0.29) is 35.7 Å². The van der Waals surface area contributed by atoms with E-state index in [1.807, 2.05) is 0 Å². The zero-order valence-electron chi connectivity index (χ0n) is 18.0. The summed E-state index contributed by atoms with van der Waals surface area (Å²) in [5, 5.41) is 4.17. The Morgan fingerprint density at radius 1 is 1.22 bits per heavy atom. The van der Waals surface area contributed by atoms with Gasteiger partial charge in [0.05, 0.1) is 54.1 Å². The number of hydrogen-bond donors (Lipinski definition) is 0. The molecule has 1 aromatic carbocycles. The number of aryl methyl sites for hydroxylation is 1. The first-order valence-electron chi connectivity index (χ1n) is 10.2. The van der Waals surface area contributed by atoms with Crippen molar-refractivity contribution in [2.75, 3.05) is 26.1 Å². The fraction of sp³-hybridized carbons (Fsp3) is 0.476. The Labute approximate surface area is 184 Å². The van der Waals surface area contributed by atoms with E-state index < -0.39 is 33.2 Å². The van der Waals surface area contributed by atoms with Gasteiger partial charge in [-0.1, -0.05) is 0 Å². The van der Waals surface area contributed by atoms with Gasteiger partial charge in [-0.3, -0.25) is 23.0 Å². The van der Waals surface area contributed by atoms with E-state index in [2.05, 4.69) is 5.10 Å². The molecule has 0 unspecified atom stereocenters. The molecule has 0 atom stereocenters. The third kappa shape index (κ3) is 4.14. The molecule has 9 nitrogen and oxygen atoms in total. The maximum absolute atomic E-state index is 13.3. The van der Waals surface area contributed by atoms with Crippen molar-refractivity contribution in [3.05, 3.63) is 57.0 Å². The Morgan fingerprint density at radius 2 is 1.97 bits per heavy atom. The molecule has 172 valence electrons. The third-order valence-electron chi connectivity index (χ3n) is 5.91. The van der Waals surface area contributed by atoms with Gasteiger partial charge in [0.25, 0.3) is 5.56 Å². The van der Waals surface area contributed by atoms with Crippen molar-refractivity contribution in [2.45, 2.75) is 30.8 Å². The highest BCUT2D eigenvalue weighted by molar-refractivity contribution is 7.91. The van der Waals surface area contributed by atoms with E-state index >= 15 is 0 Å². The standard InChI is InChI=1S/C21H25FN4O5S/c1-24-11-15(10-23-24)12-26-19(27)17-9-16(32(29,30)14-21(13-22)5-6-21)3-4-18(17)25(20(26)28)7-8-31-2/h3-4,9-11H,5-8,12-14H2,1-2H3. The van der Waals surface area contributed by atoms with Crippen molar-refractivity contribution in [2.24, 2.45) is 12.5 Å². The lowest BCUT2D eigenvalue weighted by Crippen LogP contribution is -2.41. The highest BCUT2D eigenvalue weighted by Gasteiger charge is 2.46. The van der Waals surface area contributed by atoms with Gasteiger partial charge in [-0.25, -0.2) is 13.2 Å². The first-order chi connectivity index (χ1) is 15.2. The van der Waals surface area contributed by atoms with Gasteiger partial charge < -0.3 is 4.74 Å². The second-order valence-corrected chi connectivity index (χ2v) is 10.4. The van der Waals surface area contributed by atoms with E-state index in [1.165, 1.54) is 29.9 Å². The number of sulfone groups is 1. The normalized spacial score (nSPS) is 15.3. The van der Waals surface area contributed by atoms with Crippen LogP contribution in [0.15, 0.2) is 45.1 Å². The summed E-state index contributed by atoms with van der Waals surface area (Å²) >= 11 is 0. The van der Waals surface area contributed by atoms with Gasteiger partial charge in [0.15, 0.2) is 9.84 Å². The second-order valence-electron chi connectivity index (χ2n) is 8.41. The van der Waals surface area contributed by atoms with Crippen molar-refractivity contribution < 1.29 is 17.5 Å². The van der Waals surface area contributed by atoms with E-state index in [4.69, 9.17) is 4.74 Å². The molecule has 2 heterocycles. The predicted octanol–water partition coefficient (Wildman–Crippen LogP) is 1.11. The Bertz CT molecular complexity index is 1390. The van der Waals surface area contributed by atoms with Crippen LogP contribution in [-0.2, 0) is 34.7 Å². The van der Waals surface area contributed by atoms with Crippen molar-refractivity contribution in [3.63, 3.8) is 0 Å². The monoisotopic (exact) mass is 464 g/mol. The Hall–Kier alpha value is -2.79. The maximum atomic E-state index is 13.3. The third-order valence-corrected chi connectivity index (χ3v) is 7.87. The van der Waals surface area contributed by atoms with Crippen LogP contribution in [0.1, 0.15) is 18.4 Å². The van der Waals surface area contributed by atoms with Crippen LogP contribution >= 0.6 is 0 Å². The smallest absolute Gasteiger partial charge is 0.331 e. The summed E-state index contributed by atoms with van der Waals surface area (Å²) in [4.78, 5) is 26.3.